The van der Waals surface area contributed by atoms with Crippen molar-refractivity contribution in [2.75, 3.05) is 13.7 Å². The predicted octanol–water partition coefficient (Wildman–Crippen LogP) is 2.92. The van der Waals surface area contributed by atoms with Crippen LogP contribution in [0.4, 0.5) is 0 Å². The molecule has 0 saturated heterocycles. The molecule has 108 valence electrons. The molecule has 0 atom stereocenters. The average Bonchev–Trinajstić information content (AvgIpc) is 2.47. The van der Waals surface area contributed by atoms with Gasteiger partial charge in [-0.2, -0.15) is 0 Å². The second kappa shape index (κ2) is 9.78. The van der Waals surface area contributed by atoms with Gasteiger partial charge >= 0.3 is 5.97 Å². The van der Waals surface area contributed by atoms with Gasteiger partial charge in [0.15, 0.2) is 0 Å². The molecule has 0 heterocycles. The van der Waals surface area contributed by atoms with Crippen LogP contribution in [0.3, 0.4) is 0 Å². The van der Waals surface area contributed by atoms with Crippen molar-refractivity contribution in [1.82, 2.24) is 0 Å². The fourth-order valence-corrected chi connectivity index (χ4v) is 1.59. The highest BCUT2D eigenvalue weighted by molar-refractivity contribution is 5.95. The van der Waals surface area contributed by atoms with Gasteiger partial charge in [0.2, 0.25) is 0 Å². The molecule has 0 amide bonds. The van der Waals surface area contributed by atoms with Gasteiger partial charge in [-0.05, 0) is 25.0 Å². The number of hydrogen-bond donors (Lipinski definition) is 0. The van der Waals surface area contributed by atoms with Crippen LogP contribution >= 0.6 is 0 Å². The van der Waals surface area contributed by atoms with Crippen molar-refractivity contribution < 1.29 is 19.1 Å². The quantitative estimate of drug-likeness (QED) is 0.301. The predicted molar refractivity (Wildman–Crippen MR) is 76.6 cm³/mol. The summed E-state index contributed by atoms with van der Waals surface area (Å²) in [6.07, 6.45) is 5.71. The minimum absolute atomic E-state index is 0.0780. The monoisotopic (exact) mass is 276 g/mol. The number of carbonyl (C=O) groups excluding carboxylic acids is 2. The Morgan fingerprint density at radius 1 is 1.15 bits per heavy atom. The number of unbranched alkanes of at least 4 members (excludes halogenated alkanes) is 1. The van der Waals surface area contributed by atoms with Crippen molar-refractivity contribution in [2.24, 2.45) is 0 Å². The zero-order valence-electron chi connectivity index (χ0n) is 11.7. The van der Waals surface area contributed by atoms with Crippen LogP contribution in [0, 0.1) is 0 Å². The molecule has 0 unspecified atom stereocenters. The maximum atomic E-state index is 11.3. The summed E-state index contributed by atoms with van der Waals surface area (Å²) in [6, 6.07) is 9.59. The number of methoxy groups -OCH3 is 1. The van der Waals surface area contributed by atoms with E-state index in [9.17, 15) is 9.59 Å². The molecule has 0 saturated carbocycles. The molecule has 1 aromatic rings. The van der Waals surface area contributed by atoms with Crippen LogP contribution in [-0.4, -0.2) is 25.5 Å². The summed E-state index contributed by atoms with van der Waals surface area (Å²) in [7, 11) is 1.28. The Labute approximate surface area is 119 Å². The Bertz CT molecular complexity index is 437. The van der Waals surface area contributed by atoms with E-state index in [1.165, 1.54) is 7.11 Å². The maximum Gasteiger partial charge on any atom is 0.313 e. The Balaban J connectivity index is 2.05. The Hall–Kier alpha value is -2.10. The van der Waals surface area contributed by atoms with Crippen LogP contribution < -0.4 is 4.74 Å². The second-order valence-corrected chi connectivity index (χ2v) is 4.28. The molecule has 0 fully saturated rings. The number of esters is 1. The third-order valence-corrected chi connectivity index (χ3v) is 2.65. The lowest BCUT2D eigenvalue weighted by molar-refractivity contribution is -0.143. The molecule has 20 heavy (non-hydrogen) atoms. The van der Waals surface area contributed by atoms with Crippen molar-refractivity contribution >= 4 is 11.8 Å². The van der Waals surface area contributed by atoms with Gasteiger partial charge < -0.3 is 9.47 Å². The van der Waals surface area contributed by atoms with Crippen LogP contribution in [0.1, 0.15) is 25.7 Å². The van der Waals surface area contributed by atoms with E-state index in [2.05, 4.69) is 4.74 Å². The Morgan fingerprint density at radius 3 is 2.60 bits per heavy atom. The molecule has 4 nitrogen and oxygen atoms in total. The molecule has 0 aliphatic carbocycles. The van der Waals surface area contributed by atoms with Gasteiger partial charge in [-0.1, -0.05) is 30.4 Å². The normalized spacial score (nSPS) is 10.4. The van der Waals surface area contributed by atoms with Gasteiger partial charge in [0.1, 0.15) is 24.6 Å². The molecule has 0 bridgehead atoms. The molecule has 0 aromatic heterocycles. The van der Waals surface area contributed by atoms with Gasteiger partial charge in [-0.3, -0.25) is 9.59 Å². The highest BCUT2D eigenvalue weighted by atomic mass is 16.5. The summed E-state index contributed by atoms with van der Waals surface area (Å²) in [5.41, 5.74) is 0. The first kappa shape index (κ1) is 16.0. The van der Waals surface area contributed by atoms with E-state index in [1.807, 2.05) is 42.5 Å². The van der Waals surface area contributed by atoms with Crippen molar-refractivity contribution in [3.8, 4) is 5.75 Å². The lowest BCUT2D eigenvalue weighted by Gasteiger charge is -2.01. The Morgan fingerprint density at radius 2 is 1.90 bits per heavy atom. The van der Waals surface area contributed by atoms with Crippen LogP contribution in [0.2, 0.25) is 0 Å². The van der Waals surface area contributed by atoms with Crippen molar-refractivity contribution in [1.29, 1.82) is 0 Å². The zero-order chi connectivity index (χ0) is 14.6. The van der Waals surface area contributed by atoms with Crippen LogP contribution in [0.5, 0.6) is 5.75 Å². The molecular formula is C16H20O4. The summed E-state index contributed by atoms with van der Waals surface area (Å²) in [4.78, 5) is 22.2. The SMILES string of the molecule is COC(=O)CC(=O)CCCC=CCOc1ccccc1. The lowest BCUT2D eigenvalue weighted by Crippen LogP contribution is -2.08. The fourth-order valence-electron chi connectivity index (χ4n) is 1.59. The van der Waals surface area contributed by atoms with E-state index in [0.29, 0.717) is 13.0 Å². The number of ether oxygens (including phenoxy) is 2. The first-order chi connectivity index (χ1) is 9.72. The van der Waals surface area contributed by atoms with E-state index < -0.39 is 5.97 Å². The molecule has 1 aromatic carbocycles. The maximum absolute atomic E-state index is 11.3. The van der Waals surface area contributed by atoms with E-state index in [1.54, 1.807) is 0 Å². The largest absolute Gasteiger partial charge is 0.490 e. The molecule has 0 aliphatic rings. The Kier molecular flexibility index (Phi) is 7.80. The number of allylic oxidation sites excluding steroid dienone is 1. The molecule has 0 radical (unpaired) electrons. The van der Waals surface area contributed by atoms with Gasteiger partial charge in [-0.15, -0.1) is 0 Å². The summed E-state index contributed by atoms with van der Waals surface area (Å²) >= 11 is 0. The second-order valence-electron chi connectivity index (χ2n) is 4.28. The molecule has 0 aliphatic heterocycles. The van der Waals surface area contributed by atoms with Crippen molar-refractivity contribution in [3.63, 3.8) is 0 Å². The molecule has 0 N–H and O–H groups in total. The topological polar surface area (TPSA) is 52.6 Å². The third-order valence-electron chi connectivity index (χ3n) is 2.65. The average molecular weight is 276 g/mol. The highest BCUT2D eigenvalue weighted by Gasteiger charge is 2.08. The number of benzene rings is 1. The van der Waals surface area contributed by atoms with Crippen LogP contribution in [-0.2, 0) is 14.3 Å². The van der Waals surface area contributed by atoms with Crippen LogP contribution in [0.15, 0.2) is 42.5 Å². The first-order valence-corrected chi connectivity index (χ1v) is 6.63. The van der Waals surface area contributed by atoms with E-state index in [0.717, 1.165) is 18.6 Å². The zero-order valence-corrected chi connectivity index (χ0v) is 11.7. The first-order valence-electron chi connectivity index (χ1n) is 6.63. The summed E-state index contributed by atoms with van der Waals surface area (Å²) in [6.45, 7) is 0.514. The molecular weight excluding hydrogens is 256 g/mol. The van der Waals surface area contributed by atoms with Crippen molar-refractivity contribution in [3.05, 3.63) is 42.5 Å². The van der Waals surface area contributed by atoms with Gasteiger partial charge in [0, 0.05) is 6.42 Å². The smallest absolute Gasteiger partial charge is 0.313 e. The van der Waals surface area contributed by atoms with Crippen molar-refractivity contribution in [2.45, 2.75) is 25.7 Å². The van der Waals surface area contributed by atoms with Gasteiger partial charge in [0.05, 0.1) is 7.11 Å². The number of ketones is 1. The van der Waals surface area contributed by atoms with Gasteiger partial charge in [-0.25, -0.2) is 0 Å². The standard InChI is InChI=1S/C16H20O4/c1-19-16(18)13-14(17)9-5-2-3-8-12-20-15-10-6-4-7-11-15/h3-4,6-8,10-11H,2,5,9,12-13H2,1H3. The lowest BCUT2D eigenvalue weighted by atomic mass is 10.1. The third kappa shape index (κ3) is 7.36. The number of rotatable bonds is 9. The molecule has 4 heteroatoms. The molecule has 1 rings (SSSR count). The number of para-hydroxylation sites is 1. The minimum Gasteiger partial charge on any atom is -0.490 e. The van der Waals surface area contributed by atoms with E-state index in [-0.39, 0.29) is 12.2 Å². The highest BCUT2D eigenvalue weighted by Crippen LogP contribution is 2.08. The molecule has 0 spiro atoms. The van der Waals surface area contributed by atoms with Gasteiger partial charge in [0.25, 0.3) is 0 Å². The summed E-state index contributed by atoms with van der Waals surface area (Å²) < 4.78 is 9.92. The number of hydrogen-bond acceptors (Lipinski definition) is 4. The van der Waals surface area contributed by atoms with Crippen LogP contribution in [0.25, 0.3) is 0 Å². The minimum atomic E-state index is -0.471. The number of carbonyl (C=O) groups is 2. The number of Topliss-reactive ketones (excluding diaryl/α,β-unsaturated/α-hetero) is 1. The summed E-state index contributed by atoms with van der Waals surface area (Å²) in [5.74, 6) is 0.290. The fraction of sp³-hybridized carbons (Fsp3) is 0.375. The van der Waals surface area contributed by atoms with E-state index in [4.69, 9.17) is 4.74 Å². The summed E-state index contributed by atoms with van der Waals surface area (Å²) in [5, 5.41) is 0. The van der Waals surface area contributed by atoms with E-state index >= 15 is 0 Å².